The largest absolute Gasteiger partial charge is 0.389 e. The molecule has 1 unspecified atom stereocenters. The molecule has 2 fully saturated rings. The number of β-amino-alcohol motifs (C(OH)–C–C–N with tert-alkyl or cyclic N) is 1. The molecule has 2 amide bonds. The van der Waals surface area contributed by atoms with Crippen LogP contribution in [-0.2, 0) is 22.5 Å². The summed E-state index contributed by atoms with van der Waals surface area (Å²) in [6.45, 7) is 3.94. The van der Waals surface area contributed by atoms with Crippen LogP contribution in [0.2, 0.25) is 0 Å². The lowest BCUT2D eigenvalue weighted by Crippen LogP contribution is -2.53. The van der Waals surface area contributed by atoms with Crippen molar-refractivity contribution in [3.8, 4) is 11.1 Å². The number of ether oxygens (including phenoxy) is 1. The third kappa shape index (κ3) is 7.14. The zero-order valence-corrected chi connectivity index (χ0v) is 26.1. The van der Waals surface area contributed by atoms with E-state index in [1.165, 1.54) is 16.6 Å². The Labute approximate surface area is 265 Å². The van der Waals surface area contributed by atoms with Crippen LogP contribution < -0.4 is 5.73 Å². The molecule has 45 heavy (non-hydrogen) atoms. The molecule has 2 aliphatic heterocycles. The minimum Gasteiger partial charge on any atom is -0.389 e. The second-order valence-electron chi connectivity index (χ2n) is 12.6. The second-order valence-corrected chi connectivity index (χ2v) is 12.6. The maximum absolute atomic E-state index is 13.4. The van der Waals surface area contributed by atoms with Crippen LogP contribution in [0.4, 0.5) is 0 Å². The number of aliphatic hydroxyl groups excluding tert-OH is 1. The summed E-state index contributed by atoms with van der Waals surface area (Å²) in [5, 5.41) is 10.7. The van der Waals surface area contributed by atoms with Crippen LogP contribution in [0.3, 0.4) is 0 Å². The fourth-order valence-electron chi connectivity index (χ4n) is 6.80. The summed E-state index contributed by atoms with van der Waals surface area (Å²) >= 11 is 0. The first-order valence-corrected chi connectivity index (χ1v) is 16.2. The van der Waals surface area contributed by atoms with Crippen molar-refractivity contribution in [1.29, 1.82) is 0 Å². The Morgan fingerprint density at radius 3 is 2.38 bits per heavy atom. The molecule has 0 radical (unpaired) electrons. The molecule has 3 N–H and O–H groups in total. The summed E-state index contributed by atoms with van der Waals surface area (Å²) in [6.07, 6.45) is 3.57. The van der Waals surface area contributed by atoms with E-state index in [0.29, 0.717) is 37.4 Å². The Bertz CT molecular complexity index is 1610. The molecule has 8 heteroatoms. The standard InChI is InChI=1S/C37H44N4O4/c1-45-19-5-18-41-34-8-3-2-6-30(34)21-35(41)31-7-4-17-39(23-31)36(43)22-32(38)20-26-9-11-27(12-10-26)28-13-15-29(16-14-28)37(44)40-24-33(42)25-40/h2-3,6,8-16,21,31-33,42H,4-5,7,17-20,22-25,38H2,1H3/t31?,32-/m1/s1. The Hall–Kier alpha value is -3.98. The molecular formula is C37H44N4O4. The maximum atomic E-state index is 13.4. The molecular weight excluding hydrogens is 564 g/mol. The number of aryl methyl sites for hydroxylation is 1. The van der Waals surface area contributed by atoms with Gasteiger partial charge in [-0.2, -0.15) is 0 Å². The summed E-state index contributed by atoms with van der Waals surface area (Å²) in [4.78, 5) is 29.6. The highest BCUT2D eigenvalue weighted by Crippen LogP contribution is 2.32. The van der Waals surface area contributed by atoms with Crippen molar-refractivity contribution >= 4 is 22.7 Å². The monoisotopic (exact) mass is 608 g/mol. The highest BCUT2D eigenvalue weighted by molar-refractivity contribution is 5.95. The maximum Gasteiger partial charge on any atom is 0.254 e. The van der Waals surface area contributed by atoms with E-state index in [-0.39, 0.29) is 17.9 Å². The van der Waals surface area contributed by atoms with E-state index in [0.717, 1.165) is 62.2 Å². The van der Waals surface area contributed by atoms with E-state index < -0.39 is 6.10 Å². The highest BCUT2D eigenvalue weighted by Gasteiger charge is 2.30. The molecule has 2 saturated heterocycles. The van der Waals surface area contributed by atoms with Crippen LogP contribution in [0, 0.1) is 0 Å². The van der Waals surface area contributed by atoms with Crippen LogP contribution in [0.1, 0.15) is 53.2 Å². The number of carbonyl (C=O) groups is 2. The van der Waals surface area contributed by atoms with Crippen molar-refractivity contribution in [3.63, 3.8) is 0 Å². The summed E-state index contributed by atoms with van der Waals surface area (Å²) in [7, 11) is 1.74. The predicted molar refractivity (Wildman–Crippen MR) is 177 cm³/mol. The van der Waals surface area contributed by atoms with E-state index >= 15 is 0 Å². The predicted octanol–water partition coefficient (Wildman–Crippen LogP) is 4.83. The highest BCUT2D eigenvalue weighted by atomic mass is 16.5. The van der Waals surface area contributed by atoms with Crippen LogP contribution in [0.5, 0.6) is 0 Å². The number of methoxy groups -OCH3 is 1. The molecule has 8 nitrogen and oxygen atoms in total. The topological polar surface area (TPSA) is 101 Å². The number of hydrogen-bond acceptors (Lipinski definition) is 5. The number of aliphatic hydroxyl groups is 1. The van der Waals surface area contributed by atoms with E-state index in [2.05, 4.69) is 59.2 Å². The smallest absolute Gasteiger partial charge is 0.254 e. The van der Waals surface area contributed by atoms with Crippen LogP contribution >= 0.6 is 0 Å². The zero-order valence-electron chi connectivity index (χ0n) is 26.1. The van der Waals surface area contributed by atoms with Crippen LogP contribution in [-0.4, -0.2) is 83.3 Å². The normalized spacial score (nSPS) is 17.8. The first-order valence-electron chi connectivity index (χ1n) is 16.2. The summed E-state index contributed by atoms with van der Waals surface area (Å²) in [5.41, 5.74) is 12.9. The van der Waals surface area contributed by atoms with Gasteiger partial charge in [-0.15, -0.1) is 0 Å². The summed E-state index contributed by atoms with van der Waals surface area (Å²) in [6, 6.07) is 26.4. The van der Waals surface area contributed by atoms with E-state index in [4.69, 9.17) is 10.5 Å². The van der Waals surface area contributed by atoms with Gasteiger partial charge in [0.2, 0.25) is 5.91 Å². The Morgan fingerprint density at radius 1 is 0.956 bits per heavy atom. The van der Waals surface area contributed by atoms with Crippen molar-refractivity contribution < 1.29 is 19.4 Å². The summed E-state index contributed by atoms with van der Waals surface area (Å²) in [5.74, 6) is 0.386. The zero-order chi connectivity index (χ0) is 31.3. The van der Waals surface area contributed by atoms with E-state index in [9.17, 15) is 14.7 Å². The third-order valence-corrected chi connectivity index (χ3v) is 9.27. The quantitative estimate of drug-likeness (QED) is 0.238. The number of nitrogens with two attached hydrogens (primary N) is 1. The molecule has 0 spiro atoms. The molecule has 3 heterocycles. The molecule has 3 aromatic carbocycles. The van der Waals surface area contributed by atoms with E-state index in [1.54, 1.807) is 12.0 Å². The van der Waals surface area contributed by atoms with Gasteiger partial charge in [-0.1, -0.05) is 54.6 Å². The number of likely N-dealkylation sites (tertiary alicyclic amines) is 2. The Kier molecular flexibility index (Phi) is 9.64. The number of hydrogen-bond donors (Lipinski definition) is 2. The molecule has 0 aliphatic carbocycles. The van der Waals surface area contributed by atoms with Crippen LogP contribution in [0.25, 0.3) is 22.0 Å². The van der Waals surface area contributed by atoms with Crippen molar-refractivity contribution in [3.05, 3.63) is 95.7 Å². The number of benzene rings is 3. The van der Waals surface area contributed by atoms with Crippen LogP contribution in [0.15, 0.2) is 78.9 Å². The van der Waals surface area contributed by atoms with E-state index in [1.807, 2.05) is 29.2 Å². The van der Waals surface area contributed by atoms with Gasteiger partial charge in [0.1, 0.15) is 0 Å². The lowest BCUT2D eigenvalue weighted by molar-refractivity contribution is -0.132. The molecule has 2 atom stereocenters. The van der Waals surface area contributed by atoms with Gasteiger partial charge in [-0.05, 0) is 72.0 Å². The lowest BCUT2D eigenvalue weighted by Gasteiger charge is -2.35. The van der Waals surface area contributed by atoms with Gasteiger partial charge in [-0.25, -0.2) is 0 Å². The fraction of sp³-hybridized carbons (Fsp3) is 0.405. The number of nitrogens with zero attached hydrogens (tertiary/aromatic N) is 3. The molecule has 1 aromatic heterocycles. The average Bonchev–Trinajstić information content (AvgIpc) is 3.42. The number of carbonyl (C=O) groups excluding carboxylic acids is 2. The second kappa shape index (κ2) is 14.0. The molecule has 236 valence electrons. The van der Waals surface area contributed by atoms with Crippen molar-refractivity contribution in [2.24, 2.45) is 5.73 Å². The molecule has 0 saturated carbocycles. The van der Waals surface area contributed by atoms with Gasteiger partial charge >= 0.3 is 0 Å². The number of piperidine rings is 1. The van der Waals surface area contributed by atoms with Gasteiger partial charge in [0.15, 0.2) is 0 Å². The summed E-state index contributed by atoms with van der Waals surface area (Å²) < 4.78 is 7.75. The number of rotatable bonds is 11. The first kappa shape index (κ1) is 31.0. The SMILES string of the molecule is COCCCn1c(C2CCCN(C(=O)C[C@H](N)Cc3ccc(-c4ccc(C(=O)N5CC(O)C5)cc4)cc3)C2)cc2ccccc21. The van der Waals surface area contributed by atoms with Crippen molar-refractivity contribution in [1.82, 2.24) is 14.4 Å². The lowest BCUT2D eigenvalue weighted by atomic mass is 9.93. The Morgan fingerprint density at radius 2 is 1.67 bits per heavy atom. The number of aromatic nitrogens is 1. The average molecular weight is 609 g/mol. The minimum atomic E-state index is -0.406. The number of para-hydroxylation sites is 1. The molecule has 4 aromatic rings. The minimum absolute atomic E-state index is 0.0491. The van der Waals surface area contributed by atoms with Crippen molar-refractivity contribution in [2.75, 3.05) is 39.9 Å². The number of fused-ring (bicyclic) bond motifs is 1. The molecule has 6 rings (SSSR count). The molecule has 0 bridgehead atoms. The van der Waals surface area contributed by atoms with Crippen molar-refractivity contribution in [2.45, 2.75) is 56.7 Å². The number of amides is 2. The van der Waals surface area contributed by atoms with Gasteiger partial charge in [-0.3, -0.25) is 9.59 Å². The van der Waals surface area contributed by atoms with Gasteiger partial charge < -0.3 is 29.9 Å². The Balaban J connectivity index is 1.04. The molecule has 2 aliphatic rings. The van der Waals surface area contributed by atoms with Gasteiger partial charge in [0.05, 0.1) is 6.10 Å². The fourth-order valence-corrected chi connectivity index (χ4v) is 6.80. The van der Waals surface area contributed by atoms with Gasteiger partial charge in [0.25, 0.3) is 5.91 Å². The first-order chi connectivity index (χ1) is 21.9. The van der Waals surface area contributed by atoms with Gasteiger partial charge in [0, 0.05) is 81.6 Å². The third-order valence-electron chi connectivity index (χ3n) is 9.27.